The summed E-state index contributed by atoms with van der Waals surface area (Å²) in [5.41, 5.74) is 3.82. The van der Waals surface area contributed by atoms with E-state index in [-0.39, 0.29) is 12.0 Å². The predicted molar refractivity (Wildman–Crippen MR) is 76.6 cm³/mol. The minimum atomic E-state index is -0.152. The van der Waals surface area contributed by atoms with Crippen molar-refractivity contribution in [2.75, 3.05) is 31.6 Å². The summed E-state index contributed by atoms with van der Waals surface area (Å²) in [7, 11) is 1.44. The molecule has 1 saturated heterocycles. The number of carbonyl (C=O) groups is 1. The number of nitrogens with zero attached hydrogens (tertiary/aromatic N) is 1. The van der Waals surface area contributed by atoms with Crippen molar-refractivity contribution in [2.24, 2.45) is 0 Å². The Balaban J connectivity index is 2.08. The normalized spacial score (nSPS) is 19.3. The summed E-state index contributed by atoms with van der Waals surface area (Å²) in [5.74, 6) is -0.152. The minimum absolute atomic E-state index is 0.152. The van der Waals surface area contributed by atoms with Crippen LogP contribution in [0.1, 0.15) is 17.5 Å². The van der Waals surface area contributed by atoms with Crippen LogP contribution < -0.4 is 10.2 Å². The van der Waals surface area contributed by atoms with Crippen LogP contribution in [0.25, 0.3) is 0 Å². The van der Waals surface area contributed by atoms with E-state index in [9.17, 15) is 4.79 Å². The van der Waals surface area contributed by atoms with Crippen molar-refractivity contribution in [1.29, 1.82) is 0 Å². The van der Waals surface area contributed by atoms with Crippen LogP contribution in [0, 0.1) is 13.8 Å². The molecule has 1 aliphatic rings. The molecule has 4 nitrogen and oxygen atoms in total. The summed E-state index contributed by atoms with van der Waals surface area (Å²) in [6.07, 6.45) is 0.428. The number of piperazine rings is 1. The Morgan fingerprint density at radius 3 is 3.00 bits per heavy atom. The number of rotatable bonds is 3. The molecule has 1 aromatic rings. The van der Waals surface area contributed by atoms with Gasteiger partial charge in [-0.25, -0.2) is 0 Å². The van der Waals surface area contributed by atoms with E-state index in [1.807, 2.05) is 0 Å². The Kier molecular flexibility index (Phi) is 4.43. The quantitative estimate of drug-likeness (QED) is 0.841. The third-order valence-electron chi connectivity index (χ3n) is 3.60. The van der Waals surface area contributed by atoms with Crippen molar-refractivity contribution in [2.45, 2.75) is 26.3 Å². The fraction of sp³-hybridized carbons (Fsp3) is 0.533. The molecular formula is C15H22N2O2. The molecule has 0 radical (unpaired) electrons. The van der Waals surface area contributed by atoms with Crippen LogP contribution in [-0.2, 0) is 9.53 Å². The number of ether oxygens (including phenoxy) is 1. The number of benzene rings is 1. The van der Waals surface area contributed by atoms with Crippen molar-refractivity contribution in [3.63, 3.8) is 0 Å². The van der Waals surface area contributed by atoms with Gasteiger partial charge in [0.1, 0.15) is 0 Å². The zero-order chi connectivity index (χ0) is 13.8. The van der Waals surface area contributed by atoms with Crippen molar-refractivity contribution in [1.82, 2.24) is 5.32 Å². The molecule has 1 unspecified atom stereocenters. The smallest absolute Gasteiger partial charge is 0.307 e. The molecule has 104 valence electrons. The number of esters is 1. The fourth-order valence-corrected chi connectivity index (χ4v) is 2.53. The van der Waals surface area contributed by atoms with Crippen LogP contribution in [0.15, 0.2) is 18.2 Å². The zero-order valence-electron chi connectivity index (χ0n) is 11.9. The number of hydrogen-bond donors (Lipinski definition) is 1. The van der Waals surface area contributed by atoms with Gasteiger partial charge < -0.3 is 15.0 Å². The molecule has 1 aromatic carbocycles. The standard InChI is InChI=1S/C15H22N2O2/c1-11-4-5-12(2)14(8-11)17-7-6-16-13(10-17)9-15(18)19-3/h4-5,8,13,16H,6-7,9-10H2,1-3H3. The molecule has 1 N–H and O–H groups in total. The van der Waals surface area contributed by atoms with Crippen LogP contribution in [0.3, 0.4) is 0 Å². The van der Waals surface area contributed by atoms with Crippen LogP contribution in [-0.4, -0.2) is 38.8 Å². The third kappa shape index (κ3) is 3.47. The number of anilines is 1. The molecule has 1 aliphatic heterocycles. The summed E-state index contributed by atoms with van der Waals surface area (Å²) < 4.78 is 4.74. The van der Waals surface area contributed by atoms with Gasteiger partial charge in [0.15, 0.2) is 0 Å². The molecule has 1 heterocycles. The van der Waals surface area contributed by atoms with Crippen LogP contribution >= 0.6 is 0 Å². The summed E-state index contributed by atoms with van der Waals surface area (Å²) in [5, 5.41) is 3.38. The number of hydrogen-bond acceptors (Lipinski definition) is 4. The van der Waals surface area contributed by atoms with Gasteiger partial charge in [-0.05, 0) is 31.0 Å². The number of aryl methyl sites for hydroxylation is 2. The maximum absolute atomic E-state index is 11.4. The van der Waals surface area contributed by atoms with E-state index in [4.69, 9.17) is 4.74 Å². The van der Waals surface area contributed by atoms with Gasteiger partial charge in [0.2, 0.25) is 0 Å². The maximum atomic E-state index is 11.4. The fourth-order valence-electron chi connectivity index (χ4n) is 2.53. The van der Waals surface area contributed by atoms with E-state index >= 15 is 0 Å². The Hall–Kier alpha value is -1.55. The van der Waals surface area contributed by atoms with Gasteiger partial charge in [-0.15, -0.1) is 0 Å². The Morgan fingerprint density at radius 1 is 1.47 bits per heavy atom. The Labute approximate surface area is 114 Å². The van der Waals surface area contributed by atoms with E-state index in [1.165, 1.54) is 23.9 Å². The highest BCUT2D eigenvalue weighted by molar-refractivity contribution is 5.70. The molecular weight excluding hydrogens is 240 g/mol. The lowest BCUT2D eigenvalue weighted by molar-refractivity contribution is -0.141. The highest BCUT2D eigenvalue weighted by atomic mass is 16.5. The third-order valence-corrected chi connectivity index (χ3v) is 3.60. The molecule has 1 fully saturated rings. The lowest BCUT2D eigenvalue weighted by atomic mass is 10.1. The van der Waals surface area contributed by atoms with E-state index in [0.717, 1.165) is 19.6 Å². The number of carbonyl (C=O) groups excluding carboxylic acids is 1. The topological polar surface area (TPSA) is 41.6 Å². The molecule has 2 rings (SSSR count). The van der Waals surface area contributed by atoms with Gasteiger partial charge in [0.05, 0.1) is 13.5 Å². The number of nitrogens with one attached hydrogen (secondary N) is 1. The van der Waals surface area contributed by atoms with Crippen molar-refractivity contribution >= 4 is 11.7 Å². The highest BCUT2D eigenvalue weighted by Crippen LogP contribution is 2.23. The van der Waals surface area contributed by atoms with Gasteiger partial charge in [-0.1, -0.05) is 12.1 Å². The second kappa shape index (κ2) is 6.06. The van der Waals surface area contributed by atoms with Crippen molar-refractivity contribution in [3.05, 3.63) is 29.3 Å². The van der Waals surface area contributed by atoms with E-state index in [0.29, 0.717) is 6.42 Å². The van der Waals surface area contributed by atoms with Crippen LogP contribution in [0.2, 0.25) is 0 Å². The van der Waals surface area contributed by atoms with Crippen LogP contribution in [0.5, 0.6) is 0 Å². The summed E-state index contributed by atoms with van der Waals surface area (Å²) in [6, 6.07) is 6.67. The van der Waals surface area contributed by atoms with Crippen molar-refractivity contribution in [3.8, 4) is 0 Å². The van der Waals surface area contributed by atoms with Gasteiger partial charge in [0, 0.05) is 31.4 Å². The first-order valence-corrected chi connectivity index (χ1v) is 6.72. The average Bonchev–Trinajstić information content (AvgIpc) is 2.41. The lowest BCUT2D eigenvalue weighted by Crippen LogP contribution is -2.51. The first kappa shape index (κ1) is 13.9. The minimum Gasteiger partial charge on any atom is -0.469 e. The maximum Gasteiger partial charge on any atom is 0.307 e. The summed E-state index contributed by atoms with van der Waals surface area (Å²) in [4.78, 5) is 13.7. The second-order valence-electron chi connectivity index (χ2n) is 5.17. The summed E-state index contributed by atoms with van der Waals surface area (Å²) >= 11 is 0. The van der Waals surface area contributed by atoms with E-state index < -0.39 is 0 Å². The Bertz CT molecular complexity index is 459. The summed E-state index contributed by atoms with van der Waals surface area (Å²) in [6.45, 7) is 6.96. The molecule has 0 bridgehead atoms. The second-order valence-corrected chi connectivity index (χ2v) is 5.17. The van der Waals surface area contributed by atoms with E-state index in [2.05, 4.69) is 42.3 Å². The molecule has 1 atom stereocenters. The van der Waals surface area contributed by atoms with E-state index in [1.54, 1.807) is 0 Å². The SMILES string of the molecule is COC(=O)CC1CN(c2cc(C)ccc2C)CCN1. The molecule has 0 saturated carbocycles. The molecule has 4 heteroatoms. The number of methoxy groups -OCH3 is 1. The highest BCUT2D eigenvalue weighted by Gasteiger charge is 2.22. The molecule has 0 spiro atoms. The van der Waals surface area contributed by atoms with Gasteiger partial charge in [0.25, 0.3) is 0 Å². The molecule has 19 heavy (non-hydrogen) atoms. The zero-order valence-corrected chi connectivity index (χ0v) is 11.9. The predicted octanol–water partition coefficient (Wildman–Crippen LogP) is 1.64. The largest absolute Gasteiger partial charge is 0.469 e. The van der Waals surface area contributed by atoms with Gasteiger partial charge >= 0.3 is 5.97 Å². The Morgan fingerprint density at radius 2 is 2.26 bits per heavy atom. The van der Waals surface area contributed by atoms with Gasteiger partial charge in [-0.3, -0.25) is 4.79 Å². The first-order valence-electron chi connectivity index (χ1n) is 6.72. The molecule has 0 amide bonds. The average molecular weight is 262 g/mol. The molecule has 0 aromatic heterocycles. The van der Waals surface area contributed by atoms with Gasteiger partial charge in [-0.2, -0.15) is 0 Å². The van der Waals surface area contributed by atoms with Crippen LogP contribution in [0.4, 0.5) is 5.69 Å². The monoisotopic (exact) mass is 262 g/mol. The van der Waals surface area contributed by atoms with Crippen molar-refractivity contribution < 1.29 is 9.53 Å². The molecule has 0 aliphatic carbocycles. The first-order chi connectivity index (χ1) is 9.10. The lowest BCUT2D eigenvalue weighted by Gasteiger charge is -2.36.